The van der Waals surface area contributed by atoms with Crippen molar-refractivity contribution in [1.82, 2.24) is 15.0 Å². The second-order valence-electron chi connectivity index (χ2n) is 2.94. The van der Waals surface area contributed by atoms with Gasteiger partial charge in [0.2, 0.25) is 6.04 Å². The summed E-state index contributed by atoms with van der Waals surface area (Å²) in [4.78, 5) is 14.3. The standard InChI is InChI=1S/C9H7ClN4/c1-5(11-2)6-3-12-9-7(6)8(10)13-4-14-9/h3-5H,1H3,(H,12,13,14). The van der Waals surface area contributed by atoms with Gasteiger partial charge in [-0.25, -0.2) is 16.5 Å². The number of hydrogen-bond acceptors (Lipinski definition) is 2. The summed E-state index contributed by atoms with van der Waals surface area (Å²) in [6.45, 7) is 8.78. The van der Waals surface area contributed by atoms with Crippen LogP contribution in [-0.4, -0.2) is 15.0 Å². The maximum atomic E-state index is 6.96. The van der Waals surface area contributed by atoms with Crippen LogP contribution < -0.4 is 0 Å². The van der Waals surface area contributed by atoms with Gasteiger partial charge in [0, 0.05) is 13.1 Å². The van der Waals surface area contributed by atoms with Gasteiger partial charge in [-0.05, 0) is 0 Å². The monoisotopic (exact) mass is 206 g/mol. The van der Waals surface area contributed by atoms with Gasteiger partial charge in [-0.1, -0.05) is 11.6 Å². The molecule has 0 aliphatic rings. The fourth-order valence-corrected chi connectivity index (χ4v) is 1.59. The Hall–Kier alpha value is -1.60. The third-order valence-corrected chi connectivity index (χ3v) is 2.38. The van der Waals surface area contributed by atoms with Gasteiger partial charge in [-0.3, -0.25) is 0 Å². The molecule has 1 N–H and O–H groups in total. The van der Waals surface area contributed by atoms with Crippen LogP contribution in [0.3, 0.4) is 0 Å². The number of hydrogen-bond donors (Lipinski definition) is 1. The fraction of sp³-hybridized carbons (Fsp3) is 0.222. The van der Waals surface area contributed by atoms with Crippen molar-refractivity contribution in [2.24, 2.45) is 0 Å². The minimum atomic E-state index is -0.229. The minimum absolute atomic E-state index is 0.229. The Kier molecular flexibility index (Phi) is 2.10. The Morgan fingerprint density at radius 1 is 1.57 bits per heavy atom. The van der Waals surface area contributed by atoms with Crippen molar-refractivity contribution in [2.45, 2.75) is 13.0 Å². The van der Waals surface area contributed by atoms with Crippen LogP contribution in [0.1, 0.15) is 18.5 Å². The van der Waals surface area contributed by atoms with Gasteiger partial charge < -0.3 is 9.83 Å². The van der Waals surface area contributed by atoms with E-state index in [1.165, 1.54) is 6.33 Å². The quantitative estimate of drug-likeness (QED) is 0.576. The van der Waals surface area contributed by atoms with Gasteiger partial charge in [0.1, 0.15) is 17.1 Å². The molecule has 0 radical (unpaired) electrons. The van der Waals surface area contributed by atoms with Crippen molar-refractivity contribution >= 4 is 22.6 Å². The second kappa shape index (κ2) is 3.28. The molecule has 0 amide bonds. The van der Waals surface area contributed by atoms with Crippen LogP contribution in [0.5, 0.6) is 0 Å². The van der Waals surface area contributed by atoms with Crippen LogP contribution in [-0.2, 0) is 0 Å². The first-order valence-corrected chi connectivity index (χ1v) is 4.46. The Balaban J connectivity index is 2.74. The molecule has 0 saturated carbocycles. The number of halogens is 1. The summed E-state index contributed by atoms with van der Waals surface area (Å²) in [6.07, 6.45) is 3.15. The molecule has 2 aromatic rings. The molecule has 0 saturated heterocycles. The van der Waals surface area contributed by atoms with Gasteiger partial charge in [0.05, 0.1) is 10.9 Å². The number of aromatic amines is 1. The number of H-pyrrole nitrogens is 1. The third-order valence-electron chi connectivity index (χ3n) is 2.10. The van der Waals surface area contributed by atoms with E-state index in [0.717, 1.165) is 10.9 Å². The Morgan fingerprint density at radius 2 is 2.36 bits per heavy atom. The Bertz CT molecular complexity index is 511. The van der Waals surface area contributed by atoms with E-state index in [-0.39, 0.29) is 6.04 Å². The van der Waals surface area contributed by atoms with Crippen LogP contribution >= 0.6 is 11.6 Å². The van der Waals surface area contributed by atoms with Crippen molar-refractivity contribution in [3.63, 3.8) is 0 Å². The molecule has 2 rings (SSSR count). The topological polar surface area (TPSA) is 45.9 Å². The molecule has 0 aromatic carbocycles. The number of fused-ring (bicyclic) bond motifs is 1. The molecule has 2 heterocycles. The van der Waals surface area contributed by atoms with Crippen molar-refractivity contribution in [3.8, 4) is 0 Å². The number of nitrogens with one attached hydrogen (secondary N) is 1. The average Bonchev–Trinajstić information content (AvgIpc) is 2.62. The highest BCUT2D eigenvalue weighted by molar-refractivity contribution is 6.34. The first kappa shape index (κ1) is 8.97. The van der Waals surface area contributed by atoms with E-state index in [1.807, 2.05) is 6.92 Å². The van der Waals surface area contributed by atoms with Crippen LogP contribution in [0.2, 0.25) is 5.15 Å². The SMILES string of the molecule is [C-]#[N+]C(C)c1c[nH]c2ncnc(Cl)c12. The third kappa shape index (κ3) is 1.22. The highest BCUT2D eigenvalue weighted by Crippen LogP contribution is 2.29. The molecular formula is C9H7ClN4. The van der Waals surface area contributed by atoms with Crippen molar-refractivity contribution in [1.29, 1.82) is 0 Å². The summed E-state index contributed by atoms with van der Waals surface area (Å²) in [5.74, 6) is 0. The first-order valence-electron chi connectivity index (χ1n) is 4.08. The van der Waals surface area contributed by atoms with E-state index in [4.69, 9.17) is 18.2 Å². The van der Waals surface area contributed by atoms with E-state index >= 15 is 0 Å². The maximum absolute atomic E-state index is 6.96. The summed E-state index contributed by atoms with van der Waals surface area (Å²) in [7, 11) is 0. The van der Waals surface area contributed by atoms with E-state index in [0.29, 0.717) is 10.8 Å². The first-order chi connectivity index (χ1) is 6.74. The summed E-state index contributed by atoms with van der Waals surface area (Å²) in [5.41, 5.74) is 1.52. The molecule has 1 unspecified atom stereocenters. The molecule has 0 fully saturated rings. The van der Waals surface area contributed by atoms with Gasteiger partial charge in [0.25, 0.3) is 0 Å². The molecule has 0 spiro atoms. The number of rotatable bonds is 1. The highest BCUT2D eigenvalue weighted by atomic mass is 35.5. The molecule has 70 valence electrons. The van der Waals surface area contributed by atoms with E-state index in [1.54, 1.807) is 6.20 Å². The smallest absolute Gasteiger partial charge is 0.248 e. The molecule has 0 aliphatic heterocycles. The largest absolute Gasteiger partial charge is 0.345 e. The van der Waals surface area contributed by atoms with Gasteiger partial charge in [-0.2, -0.15) is 0 Å². The zero-order chi connectivity index (χ0) is 10.1. The summed E-state index contributed by atoms with van der Waals surface area (Å²) in [5, 5.41) is 1.14. The predicted octanol–water partition coefficient (Wildman–Crippen LogP) is 2.59. The normalized spacial score (nSPS) is 12.6. The van der Waals surface area contributed by atoms with Crippen molar-refractivity contribution < 1.29 is 0 Å². The Labute approximate surface area is 85.8 Å². The maximum Gasteiger partial charge on any atom is 0.248 e. The van der Waals surface area contributed by atoms with Crippen LogP contribution in [0.4, 0.5) is 0 Å². The van der Waals surface area contributed by atoms with Crippen LogP contribution in [0.25, 0.3) is 15.9 Å². The molecule has 4 nitrogen and oxygen atoms in total. The van der Waals surface area contributed by atoms with Crippen molar-refractivity contribution in [2.75, 3.05) is 0 Å². The molecule has 1 atom stereocenters. The Morgan fingerprint density at radius 3 is 3.07 bits per heavy atom. The van der Waals surface area contributed by atoms with Crippen molar-refractivity contribution in [3.05, 3.63) is 34.7 Å². The second-order valence-corrected chi connectivity index (χ2v) is 3.30. The van der Waals surface area contributed by atoms with E-state index in [2.05, 4.69) is 19.8 Å². The molecule has 0 bridgehead atoms. The molecule has 14 heavy (non-hydrogen) atoms. The van der Waals surface area contributed by atoms with Crippen LogP contribution in [0, 0.1) is 6.57 Å². The lowest BCUT2D eigenvalue weighted by atomic mass is 10.1. The van der Waals surface area contributed by atoms with Gasteiger partial charge >= 0.3 is 0 Å². The lowest BCUT2D eigenvalue weighted by Crippen LogP contribution is -1.87. The lowest BCUT2D eigenvalue weighted by molar-refractivity contribution is 0.972. The minimum Gasteiger partial charge on any atom is -0.345 e. The zero-order valence-electron chi connectivity index (χ0n) is 7.45. The predicted molar refractivity (Wildman–Crippen MR) is 53.9 cm³/mol. The summed E-state index contributed by atoms with van der Waals surface area (Å²) >= 11 is 5.93. The summed E-state index contributed by atoms with van der Waals surface area (Å²) < 4.78 is 0. The molecule has 0 aliphatic carbocycles. The fourth-order valence-electron chi connectivity index (χ4n) is 1.35. The van der Waals surface area contributed by atoms with E-state index < -0.39 is 0 Å². The molecule has 2 aromatic heterocycles. The lowest BCUT2D eigenvalue weighted by Gasteiger charge is -1.97. The van der Waals surface area contributed by atoms with E-state index in [9.17, 15) is 0 Å². The average molecular weight is 207 g/mol. The summed E-state index contributed by atoms with van der Waals surface area (Å²) in [6, 6.07) is -0.229. The highest BCUT2D eigenvalue weighted by Gasteiger charge is 2.17. The van der Waals surface area contributed by atoms with Gasteiger partial charge in [-0.15, -0.1) is 0 Å². The molecular weight excluding hydrogens is 200 g/mol. The van der Waals surface area contributed by atoms with Crippen LogP contribution in [0.15, 0.2) is 12.5 Å². The van der Waals surface area contributed by atoms with Gasteiger partial charge in [0.15, 0.2) is 0 Å². The number of aromatic nitrogens is 3. The zero-order valence-corrected chi connectivity index (χ0v) is 8.21. The molecule has 5 heteroatoms. The number of nitrogens with zero attached hydrogens (tertiary/aromatic N) is 3.